The highest BCUT2D eigenvalue weighted by molar-refractivity contribution is 6.30. The molecule has 1 rings (SSSR count). The van der Waals surface area contributed by atoms with E-state index in [1.54, 1.807) is 6.07 Å². The fourth-order valence-electron chi connectivity index (χ4n) is 0.942. The summed E-state index contributed by atoms with van der Waals surface area (Å²) < 4.78 is 0. The van der Waals surface area contributed by atoms with Crippen LogP contribution in [-0.4, -0.2) is 12.8 Å². The van der Waals surface area contributed by atoms with Crippen molar-refractivity contribution in [3.05, 3.63) is 30.1 Å². The van der Waals surface area contributed by atoms with E-state index in [-0.39, 0.29) is 0 Å². The highest BCUT2D eigenvalue weighted by atomic mass is 14.9. The lowest BCUT2D eigenvalue weighted by atomic mass is 10.0. The summed E-state index contributed by atoms with van der Waals surface area (Å²) in [5.41, 5.74) is 3.28. The predicted molar refractivity (Wildman–Crippen MR) is 52.8 cm³/mol. The van der Waals surface area contributed by atoms with Crippen LogP contribution in [0.25, 0.3) is 0 Å². The Balaban J connectivity index is 2.93. The summed E-state index contributed by atoms with van der Waals surface area (Å²) in [7, 11) is 5.50. The molecule has 0 aromatic carbocycles. The van der Waals surface area contributed by atoms with Crippen molar-refractivity contribution in [1.29, 1.82) is 0 Å². The molecule has 0 amide bonds. The Morgan fingerprint density at radius 2 is 2.25 bits per heavy atom. The summed E-state index contributed by atoms with van der Waals surface area (Å²) in [5.74, 6) is 0. The molecule has 1 aromatic heterocycles. The highest BCUT2D eigenvalue weighted by Gasteiger charge is 1.97. The van der Waals surface area contributed by atoms with Crippen molar-refractivity contribution >= 4 is 19.1 Å². The molecule has 12 heavy (non-hydrogen) atoms. The van der Waals surface area contributed by atoms with Gasteiger partial charge in [0.25, 0.3) is 0 Å². The Morgan fingerprint density at radius 1 is 1.58 bits per heavy atom. The van der Waals surface area contributed by atoms with Gasteiger partial charge in [-0.25, -0.2) is 0 Å². The first-order chi connectivity index (χ1) is 5.59. The van der Waals surface area contributed by atoms with Crippen LogP contribution in [0, 0.1) is 6.92 Å². The van der Waals surface area contributed by atoms with Crippen LogP contribution >= 0.6 is 0 Å². The van der Waals surface area contributed by atoms with E-state index >= 15 is 0 Å². The molecule has 1 N–H and O–H groups in total. The molecular weight excluding hydrogens is 147 g/mol. The molecule has 0 aliphatic carbocycles. The summed E-state index contributed by atoms with van der Waals surface area (Å²) in [5, 5.41) is 3.09. The molecule has 60 valence electrons. The highest BCUT2D eigenvalue weighted by Crippen LogP contribution is 2.10. The number of hydrogen-bond acceptors (Lipinski definition) is 2. The normalized spacial score (nSPS) is 9.50. The van der Waals surface area contributed by atoms with Crippen molar-refractivity contribution in [3.63, 3.8) is 0 Å². The molecule has 0 fully saturated rings. The van der Waals surface area contributed by atoms with Gasteiger partial charge < -0.3 is 5.32 Å². The number of pyridine rings is 1. The van der Waals surface area contributed by atoms with Crippen molar-refractivity contribution in [2.75, 3.05) is 5.32 Å². The van der Waals surface area contributed by atoms with Crippen molar-refractivity contribution in [2.45, 2.75) is 13.8 Å². The molecule has 2 nitrogen and oxygen atoms in total. The second kappa shape index (κ2) is 3.43. The van der Waals surface area contributed by atoms with Crippen LogP contribution in [0.3, 0.4) is 0 Å². The van der Waals surface area contributed by atoms with Gasteiger partial charge in [0.1, 0.15) is 7.85 Å². The fourth-order valence-corrected chi connectivity index (χ4v) is 0.942. The van der Waals surface area contributed by atoms with Gasteiger partial charge >= 0.3 is 0 Å². The second-order valence-electron chi connectivity index (χ2n) is 2.77. The maximum Gasteiger partial charge on any atom is 0.141 e. The van der Waals surface area contributed by atoms with Crippen molar-refractivity contribution in [3.8, 4) is 0 Å². The van der Waals surface area contributed by atoms with E-state index in [0.717, 1.165) is 17.1 Å². The SMILES string of the molecule is [B]c1ccc(NC(=C)C)c(C)n1. The van der Waals surface area contributed by atoms with Crippen molar-refractivity contribution in [2.24, 2.45) is 0 Å². The minimum Gasteiger partial charge on any atom is -0.358 e. The van der Waals surface area contributed by atoms with Crippen LogP contribution in [0.4, 0.5) is 5.69 Å². The zero-order chi connectivity index (χ0) is 9.14. The number of allylic oxidation sites excluding steroid dienone is 1. The van der Waals surface area contributed by atoms with E-state index in [4.69, 9.17) is 7.85 Å². The summed E-state index contributed by atoms with van der Waals surface area (Å²) in [6.45, 7) is 7.55. The Kier molecular flexibility index (Phi) is 2.53. The number of rotatable bonds is 2. The molecule has 0 spiro atoms. The Bertz CT molecular complexity index is 307. The first kappa shape index (κ1) is 8.85. The standard InChI is InChI=1S/C9H11BN2/c1-6(2)11-8-4-5-9(10)12-7(8)3/h4-5,11H,1H2,2-3H3. The second-order valence-corrected chi connectivity index (χ2v) is 2.77. The third-order valence-corrected chi connectivity index (χ3v) is 1.46. The van der Waals surface area contributed by atoms with E-state index in [1.807, 2.05) is 19.9 Å². The van der Waals surface area contributed by atoms with Gasteiger partial charge in [-0.3, -0.25) is 4.98 Å². The van der Waals surface area contributed by atoms with Gasteiger partial charge in [-0.2, -0.15) is 0 Å². The zero-order valence-electron chi connectivity index (χ0n) is 7.39. The third kappa shape index (κ3) is 2.12. The third-order valence-electron chi connectivity index (χ3n) is 1.46. The molecule has 0 aliphatic rings. The molecular formula is C9H11BN2. The number of hydrogen-bond donors (Lipinski definition) is 1. The summed E-state index contributed by atoms with van der Waals surface area (Å²) in [6, 6.07) is 3.66. The number of anilines is 1. The summed E-state index contributed by atoms with van der Waals surface area (Å²) >= 11 is 0. The number of aromatic nitrogens is 1. The number of aryl methyl sites for hydroxylation is 1. The minimum absolute atomic E-state index is 0.541. The van der Waals surface area contributed by atoms with Crippen LogP contribution in [0.2, 0.25) is 0 Å². The number of nitrogens with zero attached hydrogens (tertiary/aromatic N) is 1. The molecule has 0 aliphatic heterocycles. The number of nitrogens with one attached hydrogen (secondary N) is 1. The Morgan fingerprint density at radius 3 is 2.75 bits per heavy atom. The van der Waals surface area contributed by atoms with E-state index < -0.39 is 0 Å². The first-order valence-electron chi connectivity index (χ1n) is 3.75. The van der Waals surface area contributed by atoms with Gasteiger partial charge in [0.15, 0.2) is 0 Å². The van der Waals surface area contributed by atoms with E-state index in [1.165, 1.54) is 0 Å². The monoisotopic (exact) mass is 158 g/mol. The van der Waals surface area contributed by atoms with E-state index in [9.17, 15) is 0 Å². The topological polar surface area (TPSA) is 24.9 Å². The molecule has 3 heteroatoms. The Hall–Kier alpha value is -1.25. The Labute approximate surface area is 74.1 Å². The lowest BCUT2D eigenvalue weighted by Crippen LogP contribution is -2.10. The van der Waals surface area contributed by atoms with E-state index in [2.05, 4.69) is 16.9 Å². The van der Waals surface area contributed by atoms with Crippen molar-refractivity contribution in [1.82, 2.24) is 4.98 Å². The maximum atomic E-state index is 5.50. The first-order valence-corrected chi connectivity index (χ1v) is 3.75. The molecule has 0 unspecified atom stereocenters. The lowest BCUT2D eigenvalue weighted by molar-refractivity contribution is 1.22. The maximum absolute atomic E-state index is 5.50. The van der Waals surface area contributed by atoms with Crippen LogP contribution in [-0.2, 0) is 0 Å². The molecule has 1 heterocycles. The molecule has 0 saturated carbocycles. The predicted octanol–water partition coefficient (Wildman–Crippen LogP) is 1.13. The fraction of sp³-hybridized carbons (Fsp3) is 0.222. The smallest absolute Gasteiger partial charge is 0.141 e. The van der Waals surface area contributed by atoms with E-state index in [0.29, 0.717) is 5.59 Å². The van der Waals surface area contributed by atoms with Gasteiger partial charge in [0, 0.05) is 5.70 Å². The van der Waals surface area contributed by atoms with Gasteiger partial charge in [-0.1, -0.05) is 6.58 Å². The minimum atomic E-state index is 0.541. The van der Waals surface area contributed by atoms with Gasteiger partial charge in [-0.05, 0) is 31.6 Å². The summed E-state index contributed by atoms with van der Waals surface area (Å²) in [4.78, 5) is 4.10. The lowest BCUT2D eigenvalue weighted by Gasteiger charge is -2.08. The van der Waals surface area contributed by atoms with Crippen LogP contribution in [0.5, 0.6) is 0 Å². The quantitative estimate of drug-likeness (QED) is 0.652. The van der Waals surface area contributed by atoms with Gasteiger partial charge in [0.2, 0.25) is 0 Å². The van der Waals surface area contributed by atoms with Gasteiger partial charge in [0.05, 0.1) is 11.4 Å². The zero-order valence-corrected chi connectivity index (χ0v) is 7.39. The molecule has 0 saturated heterocycles. The molecule has 1 aromatic rings. The summed E-state index contributed by atoms with van der Waals surface area (Å²) in [6.07, 6.45) is 0. The van der Waals surface area contributed by atoms with Crippen LogP contribution in [0.1, 0.15) is 12.6 Å². The van der Waals surface area contributed by atoms with Crippen LogP contribution < -0.4 is 10.9 Å². The van der Waals surface area contributed by atoms with Crippen molar-refractivity contribution < 1.29 is 0 Å². The largest absolute Gasteiger partial charge is 0.358 e. The average Bonchev–Trinajstić information content (AvgIpc) is 1.94. The molecule has 2 radical (unpaired) electrons. The molecule has 0 atom stereocenters. The van der Waals surface area contributed by atoms with Crippen LogP contribution in [0.15, 0.2) is 24.4 Å². The molecule has 0 bridgehead atoms. The van der Waals surface area contributed by atoms with Gasteiger partial charge in [-0.15, -0.1) is 0 Å². The average molecular weight is 158 g/mol.